The number of aliphatic carboxylic acids is 1. The number of hydrogen-bond donors (Lipinski definition) is 2. The van der Waals surface area contributed by atoms with Gasteiger partial charge in [0, 0.05) is 16.2 Å². The second kappa shape index (κ2) is 9.09. The highest BCUT2D eigenvalue weighted by Gasteiger charge is 2.23. The second-order valence-corrected chi connectivity index (χ2v) is 9.35. The van der Waals surface area contributed by atoms with E-state index in [1.54, 1.807) is 18.2 Å². The Labute approximate surface area is 183 Å². The van der Waals surface area contributed by atoms with Crippen LogP contribution in [0.5, 0.6) is 5.75 Å². The summed E-state index contributed by atoms with van der Waals surface area (Å²) < 4.78 is 0. The molecule has 2 aromatic rings. The van der Waals surface area contributed by atoms with Gasteiger partial charge in [0.1, 0.15) is 5.75 Å². The number of benzene rings is 2. The molecule has 3 rings (SSSR count). The highest BCUT2D eigenvalue weighted by molar-refractivity contribution is 6.32. The molecule has 0 unspecified atom stereocenters. The molecule has 1 saturated carbocycles. The number of carboxylic acids is 1. The van der Waals surface area contributed by atoms with E-state index >= 15 is 0 Å². The van der Waals surface area contributed by atoms with Gasteiger partial charge in [0.25, 0.3) is 0 Å². The molecule has 0 atom stereocenters. The molecule has 2 N–H and O–H groups in total. The van der Waals surface area contributed by atoms with E-state index in [1.807, 2.05) is 51.1 Å². The molecule has 0 radical (unpaired) electrons. The highest BCUT2D eigenvalue weighted by Crippen LogP contribution is 2.39. The van der Waals surface area contributed by atoms with Gasteiger partial charge in [-0.3, -0.25) is 0 Å². The van der Waals surface area contributed by atoms with Crippen LogP contribution in [0.15, 0.2) is 53.6 Å². The first kappa shape index (κ1) is 22.2. The van der Waals surface area contributed by atoms with E-state index in [0.717, 1.165) is 35.1 Å². The third kappa shape index (κ3) is 5.14. The standard InChI is InChI=1S/C26H29ClO3/c1-26(2,3)22(25(29)30)15-17-9-14-21(23(27)16-17)24(18-7-5-4-6-8-18)19-10-12-20(28)13-11-19/h9-16,28H,4-8H2,1-3H3,(H,29,30). The molecule has 2 aromatic carbocycles. The molecule has 0 spiro atoms. The number of halogens is 1. The van der Waals surface area contributed by atoms with Crippen LogP contribution in [0.2, 0.25) is 5.02 Å². The molecule has 0 aromatic heterocycles. The maximum absolute atomic E-state index is 11.7. The van der Waals surface area contributed by atoms with E-state index < -0.39 is 11.4 Å². The van der Waals surface area contributed by atoms with Crippen molar-refractivity contribution >= 4 is 29.2 Å². The SMILES string of the molecule is CC(C)(C)C(=Cc1ccc(C(=C2CCCCC2)c2ccc(O)cc2)c(Cl)c1)C(=O)O. The molecular weight excluding hydrogens is 396 g/mol. The maximum Gasteiger partial charge on any atom is 0.332 e. The fraction of sp³-hybridized carbons (Fsp3) is 0.346. The normalized spacial score (nSPS) is 15.2. The van der Waals surface area contributed by atoms with Crippen molar-refractivity contribution in [3.8, 4) is 5.75 Å². The summed E-state index contributed by atoms with van der Waals surface area (Å²) in [4.78, 5) is 11.7. The van der Waals surface area contributed by atoms with Gasteiger partial charge in [-0.15, -0.1) is 0 Å². The number of rotatable bonds is 4. The van der Waals surface area contributed by atoms with Gasteiger partial charge in [-0.2, -0.15) is 0 Å². The summed E-state index contributed by atoms with van der Waals surface area (Å²) in [5.41, 5.74) is 5.14. The topological polar surface area (TPSA) is 57.5 Å². The van der Waals surface area contributed by atoms with Gasteiger partial charge in [-0.1, -0.05) is 68.6 Å². The lowest BCUT2D eigenvalue weighted by molar-refractivity contribution is -0.133. The molecule has 1 fully saturated rings. The van der Waals surface area contributed by atoms with Crippen LogP contribution in [0.1, 0.15) is 69.6 Å². The minimum atomic E-state index is -0.920. The number of phenolic OH excluding ortho intramolecular Hbond substituents is 1. The fourth-order valence-corrected chi connectivity index (χ4v) is 4.28. The van der Waals surface area contributed by atoms with Gasteiger partial charge in [0.2, 0.25) is 0 Å². The Kier molecular flexibility index (Phi) is 6.72. The predicted molar refractivity (Wildman–Crippen MR) is 124 cm³/mol. The summed E-state index contributed by atoms with van der Waals surface area (Å²) in [6.07, 6.45) is 7.37. The molecule has 158 valence electrons. The summed E-state index contributed by atoms with van der Waals surface area (Å²) in [6, 6.07) is 13.0. The van der Waals surface area contributed by atoms with Crippen LogP contribution < -0.4 is 0 Å². The summed E-state index contributed by atoms with van der Waals surface area (Å²) in [6.45, 7) is 5.66. The van der Waals surface area contributed by atoms with Gasteiger partial charge >= 0.3 is 5.97 Å². The lowest BCUT2D eigenvalue weighted by atomic mass is 9.84. The van der Waals surface area contributed by atoms with Gasteiger partial charge in [-0.05, 0) is 72.1 Å². The predicted octanol–water partition coefficient (Wildman–Crippen LogP) is 7.33. The third-order valence-corrected chi connectivity index (χ3v) is 5.89. The Hall–Kier alpha value is -2.52. The van der Waals surface area contributed by atoms with E-state index in [0.29, 0.717) is 10.6 Å². The van der Waals surface area contributed by atoms with Crippen molar-refractivity contribution in [1.82, 2.24) is 0 Å². The lowest BCUT2D eigenvalue weighted by Gasteiger charge is -2.22. The first-order valence-corrected chi connectivity index (χ1v) is 10.8. The van der Waals surface area contributed by atoms with E-state index in [4.69, 9.17) is 11.6 Å². The van der Waals surface area contributed by atoms with Crippen molar-refractivity contribution < 1.29 is 15.0 Å². The second-order valence-electron chi connectivity index (χ2n) is 8.94. The minimum Gasteiger partial charge on any atom is -0.508 e. The molecule has 4 heteroatoms. The van der Waals surface area contributed by atoms with E-state index in [1.165, 1.54) is 24.8 Å². The zero-order chi connectivity index (χ0) is 21.9. The Morgan fingerprint density at radius 2 is 1.63 bits per heavy atom. The van der Waals surface area contributed by atoms with Crippen molar-refractivity contribution in [1.29, 1.82) is 0 Å². The van der Waals surface area contributed by atoms with Crippen LogP contribution in [0.25, 0.3) is 11.6 Å². The zero-order valence-electron chi connectivity index (χ0n) is 17.8. The smallest absolute Gasteiger partial charge is 0.332 e. The monoisotopic (exact) mass is 424 g/mol. The third-order valence-electron chi connectivity index (χ3n) is 5.58. The van der Waals surface area contributed by atoms with Crippen LogP contribution in [-0.2, 0) is 4.79 Å². The summed E-state index contributed by atoms with van der Waals surface area (Å²) >= 11 is 6.74. The fourth-order valence-electron chi connectivity index (χ4n) is 4.00. The zero-order valence-corrected chi connectivity index (χ0v) is 18.6. The van der Waals surface area contributed by atoms with Gasteiger partial charge in [-0.25, -0.2) is 4.79 Å². The first-order valence-electron chi connectivity index (χ1n) is 10.4. The summed E-state index contributed by atoms with van der Waals surface area (Å²) in [5.74, 6) is -0.682. The number of aromatic hydroxyl groups is 1. The maximum atomic E-state index is 11.7. The largest absolute Gasteiger partial charge is 0.508 e. The molecule has 0 bridgehead atoms. The Morgan fingerprint density at radius 1 is 1.00 bits per heavy atom. The molecule has 3 nitrogen and oxygen atoms in total. The van der Waals surface area contributed by atoms with Crippen molar-refractivity contribution in [2.24, 2.45) is 5.41 Å². The molecule has 0 aliphatic heterocycles. The number of hydrogen-bond acceptors (Lipinski definition) is 2. The van der Waals surface area contributed by atoms with Crippen molar-refractivity contribution in [3.05, 3.63) is 75.3 Å². The average molecular weight is 425 g/mol. The van der Waals surface area contributed by atoms with Crippen LogP contribution in [0, 0.1) is 5.41 Å². The molecule has 0 heterocycles. The van der Waals surface area contributed by atoms with Crippen molar-refractivity contribution in [3.63, 3.8) is 0 Å². The van der Waals surface area contributed by atoms with Crippen LogP contribution in [-0.4, -0.2) is 16.2 Å². The number of carboxylic acid groups (broad SMARTS) is 1. The highest BCUT2D eigenvalue weighted by atomic mass is 35.5. The minimum absolute atomic E-state index is 0.238. The molecule has 0 saturated heterocycles. The quantitative estimate of drug-likeness (QED) is 0.505. The van der Waals surface area contributed by atoms with Crippen molar-refractivity contribution in [2.45, 2.75) is 52.9 Å². The van der Waals surface area contributed by atoms with Gasteiger partial charge < -0.3 is 10.2 Å². The van der Waals surface area contributed by atoms with Crippen LogP contribution in [0.3, 0.4) is 0 Å². The van der Waals surface area contributed by atoms with E-state index in [2.05, 4.69) is 0 Å². The van der Waals surface area contributed by atoms with Gasteiger partial charge in [0.15, 0.2) is 0 Å². The Morgan fingerprint density at radius 3 is 2.17 bits per heavy atom. The average Bonchev–Trinajstić information content (AvgIpc) is 2.69. The van der Waals surface area contributed by atoms with E-state index in [-0.39, 0.29) is 5.75 Å². The number of phenols is 1. The molecule has 1 aliphatic rings. The molecular formula is C26H29ClO3. The number of carbonyl (C=O) groups is 1. The first-order chi connectivity index (χ1) is 14.2. The lowest BCUT2D eigenvalue weighted by Crippen LogP contribution is -2.17. The molecule has 1 aliphatic carbocycles. The van der Waals surface area contributed by atoms with E-state index in [9.17, 15) is 15.0 Å². The summed E-state index contributed by atoms with van der Waals surface area (Å²) in [7, 11) is 0. The Bertz CT molecular complexity index is 984. The molecule has 30 heavy (non-hydrogen) atoms. The molecule has 0 amide bonds. The number of allylic oxidation sites excluding steroid dienone is 1. The van der Waals surface area contributed by atoms with Gasteiger partial charge in [0.05, 0.1) is 0 Å². The van der Waals surface area contributed by atoms with Crippen molar-refractivity contribution in [2.75, 3.05) is 0 Å². The van der Waals surface area contributed by atoms with Crippen LogP contribution >= 0.6 is 11.6 Å². The van der Waals surface area contributed by atoms with Crippen LogP contribution in [0.4, 0.5) is 0 Å². The summed E-state index contributed by atoms with van der Waals surface area (Å²) in [5, 5.41) is 19.9. The Balaban J connectivity index is 2.10.